The van der Waals surface area contributed by atoms with Crippen molar-refractivity contribution in [3.8, 4) is 0 Å². The van der Waals surface area contributed by atoms with E-state index in [9.17, 15) is 9.18 Å². The van der Waals surface area contributed by atoms with Gasteiger partial charge in [-0.25, -0.2) is 4.39 Å². The molecule has 0 bridgehead atoms. The van der Waals surface area contributed by atoms with E-state index in [4.69, 9.17) is 5.73 Å². The molecule has 108 valence electrons. The smallest absolute Gasteiger partial charge is 0.254 e. The average molecular weight is 354 g/mol. The Hall–Kier alpha value is -0.650. The molecule has 0 radical (unpaired) electrons. The number of nitrogens with zero attached hydrogens (tertiary/aromatic N) is 1. The predicted octanol–water partition coefficient (Wildman–Crippen LogP) is 3.07. The number of amides is 1. The van der Waals surface area contributed by atoms with Crippen LogP contribution in [0.5, 0.6) is 0 Å². The van der Waals surface area contributed by atoms with Gasteiger partial charge in [-0.05, 0) is 46.1 Å². The summed E-state index contributed by atoms with van der Waals surface area (Å²) in [5.74, 6) is -0.643. The molecule has 0 aliphatic rings. The molecule has 1 aromatic carbocycles. The SMILES string of the molecule is CN(CC(C)(C)CN)C(=O)c1cc(F)ccc1Br.Cl. The Morgan fingerprint density at radius 2 is 2.05 bits per heavy atom. The van der Waals surface area contributed by atoms with Gasteiger partial charge in [-0.3, -0.25) is 4.79 Å². The second-order valence-electron chi connectivity index (χ2n) is 5.15. The lowest BCUT2D eigenvalue weighted by Crippen LogP contribution is -2.39. The van der Waals surface area contributed by atoms with Gasteiger partial charge in [0.05, 0.1) is 5.56 Å². The number of nitrogens with two attached hydrogens (primary N) is 1. The maximum atomic E-state index is 13.2. The lowest BCUT2D eigenvalue weighted by molar-refractivity contribution is 0.0739. The average Bonchev–Trinajstić information content (AvgIpc) is 2.31. The van der Waals surface area contributed by atoms with Gasteiger partial charge in [0.1, 0.15) is 5.82 Å². The van der Waals surface area contributed by atoms with Crippen LogP contribution in [0, 0.1) is 11.2 Å². The van der Waals surface area contributed by atoms with E-state index in [1.54, 1.807) is 11.9 Å². The van der Waals surface area contributed by atoms with Crippen molar-refractivity contribution in [3.63, 3.8) is 0 Å². The number of carbonyl (C=O) groups is 1. The summed E-state index contributed by atoms with van der Waals surface area (Å²) in [7, 11) is 1.69. The van der Waals surface area contributed by atoms with E-state index in [-0.39, 0.29) is 23.7 Å². The summed E-state index contributed by atoms with van der Waals surface area (Å²) in [5.41, 5.74) is 5.80. The largest absolute Gasteiger partial charge is 0.341 e. The third-order valence-electron chi connectivity index (χ3n) is 2.72. The number of halogens is 3. The summed E-state index contributed by atoms with van der Waals surface area (Å²) in [6, 6.07) is 4.08. The molecule has 0 saturated heterocycles. The molecule has 0 aliphatic heterocycles. The molecule has 6 heteroatoms. The zero-order valence-electron chi connectivity index (χ0n) is 11.2. The zero-order valence-corrected chi connectivity index (χ0v) is 13.6. The first-order valence-corrected chi connectivity index (χ1v) is 6.47. The lowest BCUT2D eigenvalue weighted by atomic mass is 9.93. The number of benzene rings is 1. The predicted molar refractivity (Wildman–Crippen MR) is 81.1 cm³/mol. The third kappa shape index (κ3) is 5.09. The van der Waals surface area contributed by atoms with Crippen molar-refractivity contribution in [3.05, 3.63) is 34.1 Å². The van der Waals surface area contributed by atoms with Crippen LogP contribution in [0.3, 0.4) is 0 Å². The maximum Gasteiger partial charge on any atom is 0.254 e. The molecular weight excluding hydrogens is 335 g/mol. The van der Waals surface area contributed by atoms with Gasteiger partial charge >= 0.3 is 0 Å². The van der Waals surface area contributed by atoms with E-state index in [1.807, 2.05) is 13.8 Å². The van der Waals surface area contributed by atoms with Crippen molar-refractivity contribution < 1.29 is 9.18 Å². The van der Waals surface area contributed by atoms with Crippen molar-refractivity contribution >= 4 is 34.2 Å². The van der Waals surface area contributed by atoms with Crippen LogP contribution in [-0.2, 0) is 0 Å². The highest BCUT2D eigenvalue weighted by Crippen LogP contribution is 2.21. The van der Waals surface area contributed by atoms with Crippen LogP contribution in [0.25, 0.3) is 0 Å². The molecule has 0 unspecified atom stereocenters. The number of carbonyl (C=O) groups excluding carboxylic acids is 1. The van der Waals surface area contributed by atoms with Gasteiger partial charge in [-0.2, -0.15) is 0 Å². The van der Waals surface area contributed by atoms with Gasteiger partial charge in [0.2, 0.25) is 0 Å². The van der Waals surface area contributed by atoms with Gasteiger partial charge in [-0.1, -0.05) is 13.8 Å². The van der Waals surface area contributed by atoms with Crippen LogP contribution >= 0.6 is 28.3 Å². The second kappa shape index (κ2) is 7.22. The molecule has 0 atom stereocenters. The summed E-state index contributed by atoms with van der Waals surface area (Å²) < 4.78 is 13.8. The molecule has 0 spiro atoms. The van der Waals surface area contributed by atoms with Gasteiger partial charge < -0.3 is 10.6 Å². The standard InChI is InChI=1S/C13H18BrFN2O.ClH/c1-13(2,7-16)8-17(3)12(18)10-6-9(15)4-5-11(10)14;/h4-6H,7-8,16H2,1-3H3;1H. The number of rotatable bonds is 4. The van der Waals surface area contributed by atoms with E-state index < -0.39 is 5.82 Å². The van der Waals surface area contributed by atoms with Crippen LogP contribution in [-0.4, -0.2) is 30.9 Å². The second-order valence-corrected chi connectivity index (χ2v) is 6.01. The fraction of sp³-hybridized carbons (Fsp3) is 0.462. The first-order chi connectivity index (χ1) is 8.26. The Labute approximate surface area is 127 Å². The van der Waals surface area contributed by atoms with Crippen molar-refractivity contribution in [2.45, 2.75) is 13.8 Å². The van der Waals surface area contributed by atoms with Gasteiger partial charge in [0, 0.05) is 18.1 Å². The topological polar surface area (TPSA) is 46.3 Å². The van der Waals surface area contributed by atoms with Crippen molar-refractivity contribution in [2.75, 3.05) is 20.1 Å². The molecule has 3 nitrogen and oxygen atoms in total. The summed E-state index contributed by atoms with van der Waals surface area (Å²) in [6.07, 6.45) is 0. The maximum absolute atomic E-state index is 13.2. The molecule has 1 amide bonds. The minimum Gasteiger partial charge on any atom is -0.341 e. The monoisotopic (exact) mass is 352 g/mol. The normalized spacial score (nSPS) is 10.8. The van der Waals surface area contributed by atoms with E-state index in [1.165, 1.54) is 18.2 Å². The molecule has 0 aromatic heterocycles. The molecule has 1 rings (SSSR count). The van der Waals surface area contributed by atoms with E-state index in [0.717, 1.165) is 0 Å². The lowest BCUT2D eigenvalue weighted by Gasteiger charge is -2.29. The Bertz CT molecular complexity index is 454. The summed E-state index contributed by atoms with van der Waals surface area (Å²) >= 11 is 3.26. The fourth-order valence-corrected chi connectivity index (χ4v) is 2.06. The molecule has 0 fully saturated rings. The van der Waals surface area contributed by atoms with Crippen molar-refractivity contribution in [1.82, 2.24) is 4.90 Å². The molecule has 2 N–H and O–H groups in total. The van der Waals surface area contributed by atoms with Crippen molar-refractivity contribution in [1.29, 1.82) is 0 Å². The fourth-order valence-electron chi connectivity index (χ4n) is 1.65. The highest BCUT2D eigenvalue weighted by molar-refractivity contribution is 9.10. The van der Waals surface area contributed by atoms with Gasteiger partial charge in [-0.15, -0.1) is 12.4 Å². The van der Waals surface area contributed by atoms with E-state index in [2.05, 4.69) is 15.9 Å². The highest BCUT2D eigenvalue weighted by atomic mass is 79.9. The first-order valence-electron chi connectivity index (χ1n) is 5.67. The van der Waals surface area contributed by atoms with Crippen LogP contribution in [0.1, 0.15) is 24.2 Å². The molecule has 0 saturated carbocycles. The zero-order chi connectivity index (χ0) is 13.9. The van der Waals surface area contributed by atoms with Crippen LogP contribution in [0.4, 0.5) is 4.39 Å². The molecule has 1 aromatic rings. The van der Waals surface area contributed by atoms with E-state index in [0.29, 0.717) is 23.1 Å². The minimum absolute atomic E-state index is 0. The molecular formula is C13H19BrClFN2O. The summed E-state index contributed by atoms with van der Waals surface area (Å²) in [4.78, 5) is 13.8. The minimum atomic E-state index is -0.423. The first kappa shape index (κ1) is 18.4. The highest BCUT2D eigenvalue weighted by Gasteiger charge is 2.23. The number of hydrogen-bond acceptors (Lipinski definition) is 2. The Morgan fingerprint density at radius 3 is 2.58 bits per heavy atom. The summed E-state index contributed by atoms with van der Waals surface area (Å²) in [6.45, 7) is 4.97. The van der Waals surface area contributed by atoms with Gasteiger partial charge in [0.15, 0.2) is 0 Å². The molecule has 0 aliphatic carbocycles. The number of hydrogen-bond donors (Lipinski definition) is 1. The molecule has 19 heavy (non-hydrogen) atoms. The Balaban J connectivity index is 0.00000324. The Kier molecular flexibility index (Phi) is 6.97. The van der Waals surface area contributed by atoms with Crippen LogP contribution < -0.4 is 5.73 Å². The Morgan fingerprint density at radius 1 is 1.47 bits per heavy atom. The van der Waals surface area contributed by atoms with Crippen molar-refractivity contribution in [2.24, 2.45) is 11.1 Å². The summed E-state index contributed by atoms with van der Waals surface area (Å²) in [5, 5.41) is 0. The third-order valence-corrected chi connectivity index (χ3v) is 3.41. The van der Waals surface area contributed by atoms with Crippen LogP contribution in [0.15, 0.2) is 22.7 Å². The van der Waals surface area contributed by atoms with E-state index >= 15 is 0 Å². The quantitative estimate of drug-likeness (QED) is 0.904. The van der Waals surface area contributed by atoms with Crippen LogP contribution in [0.2, 0.25) is 0 Å². The molecule has 0 heterocycles. The van der Waals surface area contributed by atoms with Gasteiger partial charge in [0.25, 0.3) is 5.91 Å².